The van der Waals surface area contributed by atoms with Crippen LogP contribution in [0.4, 0.5) is 5.69 Å². The van der Waals surface area contributed by atoms with Crippen LogP contribution in [0.15, 0.2) is 53.4 Å². The van der Waals surface area contributed by atoms with Gasteiger partial charge in [0, 0.05) is 25.2 Å². The van der Waals surface area contributed by atoms with E-state index in [0.717, 1.165) is 24.9 Å². The molecule has 0 bridgehead atoms. The van der Waals surface area contributed by atoms with Crippen molar-refractivity contribution in [3.8, 4) is 0 Å². The van der Waals surface area contributed by atoms with E-state index in [9.17, 15) is 13.2 Å². The molecule has 1 aliphatic rings. The van der Waals surface area contributed by atoms with E-state index < -0.39 is 10.0 Å². The van der Waals surface area contributed by atoms with Gasteiger partial charge in [0.25, 0.3) is 15.9 Å². The molecule has 1 aliphatic heterocycles. The number of aryl methyl sites for hydroxylation is 1. The van der Waals surface area contributed by atoms with Crippen LogP contribution in [-0.4, -0.2) is 40.5 Å². The summed E-state index contributed by atoms with van der Waals surface area (Å²) in [5, 5.41) is 6.20. The first-order valence-corrected chi connectivity index (χ1v) is 10.5. The Bertz CT molecular complexity index is 904. The Hall–Kier alpha value is -2.38. The van der Waals surface area contributed by atoms with Crippen LogP contribution in [0, 0.1) is 6.92 Å². The van der Waals surface area contributed by atoms with E-state index in [1.807, 2.05) is 19.1 Å². The number of benzene rings is 2. The summed E-state index contributed by atoms with van der Waals surface area (Å²) in [4.78, 5) is 12.5. The maximum Gasteiger partial charge on any atom is 0.264 e. The molecule has 0 radical (unpaired) electrons. The first-order chi connectivity index (χ1) is 12.9. The van der Waals surface area contributed by atoms with Crippen molar-refractivity contribution in [3.05, 3.63) is 59.7 Å². The minimum Gasteiger partial charge on any atom is -0.350 e. The monoisotopic (exact) mass is 387 g/mol. The van der Waals surface area contributed by atoms with Gasteiger partial charge in [-0.3, -0.25) is 9.10 Å². The van der Waals surface area contributed by atoms with E-state index in [2.05, 4.69) is 10.6 Å². The van der Waals surface area contributed by atoms with Crippen LogP contribution >= 0.6 is 0 Å². The molecule has 1 amide bonds. The molecule has 1 heterocycles. The highest BCUT2D eigenvalue weighted by atomic mass is 32.2. The van der Waals surface area contributed by atoms with Gasteiger partial charge in [0.15, 0.2) is 0 Å². The summed E-state index contributed by atoms with van der Waals surface area (Å²) in [6, 6.07) is 13.7. The van der Waals surface area contributed by atoms with E-state index in [-0.39, 0.29) is 16.8 Å². The average molecular weight is 388 g/mol. The fourth-order valence-corrected chi connectivity index (χ4v) is 4.34. The molecule has 0 aliphatic carbocycles. The molecule has 7 heteroatoms. The predicted molar refractivity (Wildman–Crippen MR) is 107 cm³/mol. The molecule has 1 unspecified atom stereocenters. The Morgan fingerprint density at radius 1 is 1.22 bits per heavy atom. The molecular formula is C20H25N3O3S. The molecule has 1 saturated heterocycles. The largest absolute Gasteiger partial charge is 0.350 e. The lowest BCUT2D eigenvalue weighted by Gasteiger charge is -2.20. The number of carbonyl (C=O) groups is 1. The van der Waals surface area contributed by atoms with Crippen LogP contribution in [0.3, 0.4) is 0 Å². The lowest BCUT2D eigenvalue weighted by atomic mass is 10.2. The summed E-state index contributed by atoms with van der Waals surface area (Å²) < 4.78 is 27.1. The third kappa shape index (κ3) is 4.48. The Morgan fingerprint density at radius 2 is 1.96 bits per heavy atom. The summed E-state index contributed by atoms with van der Waals surface area (Å²) >= 11 is 0. The van der Waals surface area contributed by atoms with Crippen molar-refractivity contribution in [1.29, 1.82) is 0 Å². The molecule has 6 nitrogen and oxygen atoms in total. The number of nitrogens with one attached hydrogen (secondary N) is 2. The molecule has 2 aromatic carbocycles. The number of hydrogen-bond donors (Lipinski definition) is 2. The van der Waals surface area contributed by atoms with E-state index in [1.54, 1.807) is 24.3 Å². The second-order valence-electron chi connectivity index (χ2n) is 6.84. The second-order valence-corrected chi connectivity index (χ2v) is 8.81. The van der Waals surface area contributed by atoms with Crippen molar-refractivity contribution in [2.24, 2.45) is 0 Å². The van der Waals surface area contributed by atoms with Crippen molar-refractivity contribution in [2.75, 3.05) is 24.4 Å². The van der Waals surface area contributed by atoms with Crippen molar-refractivity contribution in [3.63, 3.8) is 0 Å². The van der Waals surface area contributed by atoms with Crippen molar-refractivity contribution in [2.45, 2.75) is 30.7 Å². The number of nitrogens with zero attached hydrogens (tertiary/aromatic N) is 1. The SMILES string of the molecule is Cc1ccc(N(C)S(=O)(=O)c2cccc(C(=O)NCC3CCCN3)c2)cc1. The molecule has 144 valence electrons. The Labute approximate surface area is 160 Å². The summed E-state index contributed by atoms with van der Waals surface area (Å²) in [6.45, 7) is 3.46. The molecule has 0 spiro atoms. The fourth-order valence-electron chi connectivity index (χ4n) is 3.10. The molecule has 2 aromatic rings. The van der Waals surface area contributed by atoms with Gasteiger partial charge in [-0.25, -0.2) is 8.42 Å². The maximum absolute atomic E-state index is 12.9. The Balaban J connectivity index is 1.76. The molecule has 1 fully saturated rings. The molecule has 2 N–H and O–H groups in total. The number of sulfonamides is 1. The molecule has 0 aromatic heterocycles. The van der Waals surface area contributed by atoms with Gasteiger partial charge in [-0.2, -0.15) is 0 Å². The van der Waals surface area contributed by atoms with Gasteiger partial charge in [0.2, 0.25) is 0 Å². The third-order valence-electron chi connectivity index (χ3n) is 4.82. The van der Waals surface area contributed by atoms with Crippen LogP contribution in [0.2, 0.25) is 0 Å². The number of hydrogen-bond acceptors (Lipinski definition) is 4. The van der Waals surface area contributed by atoms with Crippen LogP contribution in [-0.2, 0) is 10.0 Å². The van der Waals surface area contributed by atoms with E-state index >= 15 is 0 Å². The van der Waals surface area contributed by atoms with Crippen molar-refractivity contribution in [1.82, 2.24) is 10.6 Å². The molecular weight excluding hydrogens is 362 g/mol. The first-order valence-electron chi connectivity index (χ1n) is 9.05. The standard InChI is InChI=1S/C20H25N3O3S/c1-15-8-10-18(11-9-15)23(2)27(25,26)19-7-3-5-16(13-19)20(24)22-14-17-6-4-12-21-17/h3,5,7-11,13,17,21H,4,6,12,14H2,1-2H3,(H,22,24). The van der Waals surface area contributed by atoms with Gasteiger partial charge in [-0.1, -0.05) is 23.8 Å². The lowest BCUT2D eigenvalue weighted by molar-refractivity contribution is 0.0950. The number of anilines is 1. The van der Waals surface area contributed by atoms with Crippen LogP contribution in [0.1, 0.15) is 28.8 Å². The predicted octanol–water partition coefficient (Wildman–Crippen LogP) is 2.30. The zero-order valence-electron chi connectivity index (χ0n) is 15.6. The van der Waals surface area contributed by atoms with Gasteiger partial charge < -0.3 is 10.6 Å². The van der Waals surface area contributed by atoms with Crippen molar-refractivity contribution >= 4 is 21.6 Å². The average Bonchev–Trinajstić information content (AvgIpc) is 3.20. The molecule has 1 atom stereocenters. The van der Waals surface area contributed by atoms with Crippen LogP contribution < -0.4 is 14.9 Å². The fraction of sp³-hybridized carbons (Fsp3) is 0.350. The quantitative estimate of drug-likeness (QED) is 0.797. The van der Waals surface area contributed by atoms with Crippen molar-refractivity contribution < 1.29 is 13.2 Å². The highest BCUT2D eigenvalue weighted by Crippen LogP contribution is 2.23. The van der Waals surface area contributed by atoms with Gasteiger partial charge in [0.05, 0.1) is 10.6 Å². The van der Waals surface area contributed by atoms with Gasteiger partial charge >= 0.3 is 0 Å². The number of amides is 1. The summed E-state index contributed by atoms with van der Waals surface area (Å²) in [5.74, 6) is -0.265. The molecule has 27 heavy (non-hydrogen) atoms. The van der Waals surface area contributed by atoms with E-state index in [1.165, 1.54) is 23.5 Å². The molecule has 0 saturated carbocycles. The minimum absolute atomic E-state index is 0.0946. The topological polar surface area (TPSA) is 78.5 Å². The highest BCUT2D eigenvalue weighted by molar-refractivity contribution is 7.92. The summed E-state index contributed by atoms with van der Waals surface area (Å²) in [5.41, 5.74) is 1.97. The number of carbonyl (C=O) groups excluding carboxylic acids is 1. The normalized spacial score (nSPS) is 16.9. The van der Waals surface area contributed by atoms with Gasteiger partial charge in [0.1, 0.15) is 0 Å². The number of rotatable bonds is 6. The third-order valence-corrected chi connectivity index (χ3v) is 6.61. The Morgan fingerprint density at radius 3 is 2.63 bits per heavy atom. The summed E-state index contributed by atoms with van der Waals surface area (Å²) in [7, 11) is -2.24. The first kappa shape index (κ1) is 19.4. The molecule has 3 rings (SSSR count). The summed E-state index contributed by atoms with van der Waals surface area (Å²) in [6.07, 6.45) is 2.15. The lowest BCUT2D eigenvalue weighted by Crippen LogP contribution is -2.37. The minimum atomic E-state index is -3.75. The van der Waals surface area contributed by atoms with E-state index in [0.29, 0.717) is 17.8 Å². The maximum atomic E-state index is 12.9. The second kappa shape index (κ2) is 8.10. The smallest absolute Gasteiger partial charge is 0.264 e. The van der Waals surface area contributed by atoms with Crippen LogP contribution in [0.5, 0.6) is 0 Å². The van der Waals surface area contributed by atoms with E-state index in [4.69, 9.17) is 0 Å². The van der Waals surface area contributed by atoms with Gasteiger partial charge in [-0.15, -0.1) is 0 Å². The highest BCUT2D eigenvalue weighted by Gasteiger charge is 2.23. The zero-order valence-corrected chi connectivity index (χ0v) is 16.4. The Kier molecular flexibility index (Phi) is 5.82. The van der Waals surface area contributed by atoms with Gasteiger partial charge in [-0.05, 0) is 56.6 Å². The zero-order chi connectivity index (χ0) is 19.4. The van der Waals surface area contributed by atoms with Crippen LogP contribution in [0.25, 0.3) is 0 Å².